The van der Waals surface area contributed by atoms with Gasteiger partial charge in [0, 0.05) is 37.2 Å². The SMILES string of the molecule is C#C.CC.CC(=O)CC1=C(NCc2ccc(F)cc2)C(C)(C)CN(C(=O)c2cccs2)C1.CCc1cccc(C(=O)O)c1. The maximum Gasteiger partial charge on any atom is 0.335 e. The number of ketones is 1. The van der Waals surface area contributed by atoms with E-state index in [9.17, 15) is 18.8 Å². The largest absolute Gasteiger partial charge is 0.478 e. The highest BCUT2D eigenvalue weighted by molar-refractivity contribution is 7.12. The number of aryl methyl sites for hydroxylation is 1. The van der Waals surface area contributed by atoms with Crippen LogP contribution in [0.25, 0.3) is 0 Å². The average molecular weight is 607 g/mol. The molecule has 2 aromatic carbocycles. The number of aromatic carboxylic acids is 1. The van der Waals surface area contributed by atoms with Crippen molar-refractivity contribution in [2.45, 2.75) is 60.9 Å². The second-order valence-electron chi connectivity index (χ2n) is 10.2. The van der Waals surface area contributed by atoms with E-state index in [4.69, 9.17) is 5.11 Å². The Morgan fingerprint density at radius 2 is 1.67 bits per heavy atom. The first kappa shape index (κ1) is 36.8. The van der Waals surface area contributed by atoms with Gasteiger partial charge in [-0.25, -0.2) is 9.18 Å². The Hall–Kier alpha value is -4.22. The molecule has 1 aliphatic rings. The van der Waals surface area contributed by atoms with E-state index in [0.29, 0.717) is 36.5 Å². The van der Waals surface area contributed by atoms with Gasteiger partial charge in [0.15, 0.2) is 0 Å². The standard InChI is InChI=1S/C22H25FN2O2S.C9H10O2.C2H6.C2H2/c1-15(26)11-17-13-25(21(27)19-5-4-10-28-19)14-22(2,3)20(17)24-12-16-6-8-18(23)9-7-16;1-2-7-4-3-5-8(6-7)9(10)11;2*1-2/h4-10,24H,11-14H2,1-3H3;3-6H,2H2,1H3,(H,10,11);1-2H3;1-2H. The molecule has 0 saturated heterocycles. The number of rotatable bonds is 8. The third-order valence-corrected chi connectivity index (χ3v) is 7.30. The quantitative estimate of drug-likeness (QED) is 0.258. The normalized spacial score (nSPS) is 13.2. The van der Waals surface area contributed by atoms with Crippen molar-refractivity contribution >= 4 is 29.0 Å². The number of nitrogens with one attached hydrogen (secondary N) is 1. The molecular formula is C35H43FN2O4S. The van der Waals surface area contributed by atoms with Gasteiger partial charge in [0.05, 0.1) is 10.4 Å². The van der Waals surface area contributed by atoms with Gasteiger partial charge in [-0.15, -0.1) is 24.2 Å². The number of hydrogen-bond acceptors (Lipinski definition) is 5. The second kappa shape index (κ2) is 18.3. The van der Waals surface area contributed by atoms with Crippen LogP contribution in [0.4, 0.5) is 4.39 Å². The Morgan fingerprint density at radius 1 is 1.02 bits per heavy atom. The Balaban J connectivity index is 0.000000514. The summed E-state index contributed by atoms with van der Waals surface area (Å²) >= 11 is 1.43. The van der Waals surface area contributed by atoms with Crippen LogP contribution in [-0.4, -0.2) is 40.8 Å². The minimum atomic E-state index is -0.861. The summed E-state index contributed by atoms with van der Waals surface area (Å²) in [6.45, 7) is 13.3. The molecule has 0 bridgehead atoms. The van der Waals surface area contributed by atoms with Gasteiger partial charge in [-0.1, -0.05) is 65.0 Å². The Morgan fingerprint density at radius 3 is 2.21 bits per heavy atom. The van der Waals surface area contributed by atoms with Gasteiger partial charge in [-0.05, 0) is 65.8 Å². The lowest BCUT2D eigenvalue weighted by Gasteiger charge is -2.42. The van der Waals surface area contributed by atoms with Crippen molar-refractivity contribution in [3.8, 4) is 12.8 Å². The Bertz CT molecular complexity index is 1380. The summed E-state index contributed by atoms with van der Waals surface area (Å²) < 4.78 is 13.1. The molecule has 0 unspecified atom stereocenters. The van der Waals surface area contributed by atoms with Crippen LogP contribution in [0.15, 0.2) is 77.3 Å². The summed E-state index contributed by atoms with van der Waals surface area (Å²) in [5, 5.41) is 14.0. The van der Waals surface area contributed by atoms with Crippen molar-refractivity contribution in [3.05, 3.63) is 105 Å². The van der Waals surface area contributed by atoms with Crippen LogP contribution in [0.3, 0.4) is 0 Å². The summed E-state index contributed by atoms with van der Waals surface area (Å²) in [4.78, 5) is 37.8. The number of Topliss-reactive ketones (excluding diaryl/α,β-unsaturated/α-hetero) is 1. The number of hydrogen-bond donors (Lipinski definition) is 2. The first-order valence-corrected chi connectivity index (χ1v) is 15.1. The molecule has 0 fully saturated rings. The molecule has 2 N–H and O–H groups in total. The van der Waals surface area contributed by atoms with E-state index in [1.807, 2.05) is 49.3 Å². The zero-order valence-electron chi connectivity index (χ0n) is 25.9. The lowest BCUT2D eigenvalue weighted by molar-refractivity contribution is -0.116. The van der Waals surface area contributed by atoms with Gasteiger partial charge in [-0.3, -0.25) is 9.59 Å². The highest BCUT2D eigenvalue weighted by Crippen LogP contribution is 2.35. The first-order chi connectivity index (χ1) is 20.5. The van der Waals surface area contributed by atoms with Crippen LogP contribution in [-0.2, 0) is 17.8 Å². The van der Waals surface area contributed by atoms with E-state index < -0.39 is 5.97 Å². The highest BCUT2D eigenvalue weighted by Gasteiger charge is 2.36. The molecule has 4 rings (SSSR count). The molecule has 1 aromatic heterocycles. The minimum Gasteiger partial charge on any atom is -0.478 e. The van der Waals surface area contributed by atoms with Crippen molar-refractivity contribution in [2.24, 2.45) is 5.41 Å². The van der Waals surface area contributed by atoms with Gasteiger partial charge >= 0.3 is 5.97 Å². The van der Waals surface area contributed by atoms with E-state index in [2.05, 4.69) is 32.0 Å². The smallest absolute Gasteiger partial charge is 0.335 e. The van der Waals surface area contributed by atoms with Crippen LogP contribution in [0, 0.1) is 24.1 Å². The Kier molecular flexibility index (Phi) is 15.7. The third-order valence-electron chi connectivity index (χ3n) is 6.44. The second-order valence-corrected chi connectivity index (χ2v) is 11.2. The predicted octanol–water partition coefficient (Wildman–Crippen LogP) is 7.62. The van der Waals surface area contributed by atoms with Gasteiger partial charge in [-0.2, -0.15) is 0 Å². The van der Waals surface area contributed by atoms with E-state index in [1.165, 1.54) is 23.5 Å². The molecule has 0 atom stereocenters. The monoisotopic (exact) mass is 606 g/mol. The molecule has 3 aromatic rings. The van der Waals surface area contributed by atoms with Crippen molar-refractivity contribution in [3.63, 3.8) is 0 Å². The lowest BCUT2D eigenvalue weighted by Crippen LogP contribution is -2.48. The van der Waals surface area contributed by atoms with Gasteiger partial charge in [0.1, 0.15) is 11.6 Å². The molecule has 0 spiro atoms. The van der Waals surface area contributed by atoms with Crippen molar-refractivity contribution in [1.29, 1.82) is 0 Å². The average Bonchev–Trinajstić information content (AvgIpc) is 3.54. The molecule has 1 amide bonds. The number of carboxylic acid groups (broad SMARTS) is 1. The van der Waals surface area contributed by atoms with E-state index >= 15 is 0 Å². The summed E-state index contributed by atoms with van der Waals surface area (Å²) in [5.74, 6) is -1.06. The number of carbonyl (C=O) groups excluding carboxylic acids is 2. The molecule has 43 heavy (non-hydrogen) atoms. The van der Waals surface area contributed by atoms with E-state index in [-0.39, 0.29) is 22.9 Å². The number of terminal acetylenes is 1. The van der Waals surface area contributed by atoms with Gasteiger partial charge in [0.2, 0.25) is 0 Å². The number of thiophene rings is 1. The molecule has 2 heterocycles. The number of nitrogens with zero attached hydrogens (tertiary/aromatic N) is 1. The molecule has 0 aliphatic carbocycles. The van der Waals surface area contributed by atoms with Gasteiger partial charge in [0.25, 0.3) is 5.91 Å². The van der Waals surface area contributed by atoms with Crippen molar-refractivity contribution < 1.29 is 23.9 Å². The van der Waals surface area contributed by atoms with Crippen LogP contribution >= 0.6 is 11.3 Å². The molecule has 230 valence electrons. The summed E-state index contributed by atoms with van der Waals surface area (Å²) in [6, 6.07) is 17.1. The Labute approximate surface area is 259 Å². The maximum absolute atomic E-state index is 13.1. The molecule has 8 heteroatoms. The minimum absolute atomic E-state index is 0.00158. The summed E-state index contributed by atoms with van der Waals surface area (Å²) in [6.07, 6.45) is 9.19. The zero-order valence-corrected chi connectivity index (χ0v) is 26.8. The number of carboxylic acids is 1. The van der Waals surface area contributed by atoms with Crippen molar-refractivity contribution in [2.75, 3.05) is 13.1 Å². The molecule has 1 aliphatic heterocycles. The maximum atomic E-state index is 13.1. The number of amides is 1. The first-order valence-electron chi connectivity index (χ1n) is 14.2. The van der Waals surface area contributed by atoms with Crippen LogP contribution < -0.4 is 5.32 Å². The molecule has 0 saturated carbocycles. The fraction of sp³-hybridized carbons (Fsp3) is 0.343. The molecule has 6 nitrogen and oxygen atoms in total. The van der Waals surface area contributed by atoms with E-state index in [1.54, 1.807) is 37.3 Å². The van der Waals surface area contributed by atoms with E-state index in [0.717, 1.165) is 28.8 Å². The van der Waals surface area contributed by atoms with Crippen LogP contribution in [0.2, 0.25) is 0 Å². The van der Waals surface area contributed by atoms with Crippen molar-refractivity contribution in [1.82, 2.24) is 10.2 Å². The van der Waals surface area contributed by atoms with Crippen LogP contribution in [0.1, 0.15) is 79.1 Å². The number of carbonyl (C=O) groups is 3. The lowest BCUT2D eigenvalue weighted by atomic mass is 9.81. The fourth-order valence-electron chi connectivity index (χ4n) is 4.63. The molecular weight excluding hydrogens is 563 g/mol. The fourth-order valence-corrected chi connectivity index (χ4v) is 5.32. The van der Waals surface area contributed by atoms with Gasteiger partial charge < -0.3 is 15.3 Å². The third kappa shape index (κ3) is 11.5. The topological polar surface area (TPSA) is 86.7 Å². The highest BCUT2D eigenvalue weighted by atomic mass is 32.1. The summed E-state index contributed by atoms with van der Waals surface area (Å²) in [7, 11) is 0. The predicted molar refractivity (Wildman–Crippen MR) is 174 cm³/mol. The summed E-state index contributed by atoms with van der Waals surface area (Å²) in [5.41, 5.74) is 4.01. The zero-order chi connectivity index (χ0) is 32.6. The number of benzene rings is 2. The molecule has 0 radical (unpaired) electrons. The number of halogens is 1. The van der Waals surface area contributed by atoms with Crippen LogP contribution in [0.5, 0.6) is 0 Å².